The van der Waals surface area contributed by atoms with Crippen LogP contribution in [-0.4, -0.2) is 52.1 Å². The third-order valence-corrected chi connectivity index (χ3v) is 9.01. The summed E-state index contributed by atoms with van der Waals surface area (Å²) in [7, 11) is -3.25. The lowest BCUT2D eigenvalue weighted by atomic mass is 9.93. The zero-order valence-electron chi connectivity index (χ0n) is 21.0. The Morgan fingerprint density at radius 2 is 1.79 bits per heavy atom. The number of rotatable bonds is 5. The van der Waals surface area contributed by atoms with Gasteiger partial charge in [-0.1, -0.05) is 36.4 Å². The third kappa shape index (κ3) is 4.12. The number of fused-ring (bicyclic) bond motifs is 1. The molecule has 1 amide bonds. The number of para-hydroxylation sites is 1. The number of benzene rings is 3. The zero-order valence-corrected chi connectivity index (χ0v) is 21.8. The van der Waals surface area contributed by atoms with Crippen LogP contribution in [0, 0.1) is 13.8 Å². The summed E-state index contributed by atoms with van der Waals surface area (Å²) in [5.74, 6) is 1.02. The highest BCUT2D eigenvalue weighted by molar-refractivity contribution is 7.91. The van der Waals surface area contributed by atoms with Gasteiger partial charge in [0.05, 0.1) is 17.5 Å². The molecule has 2 atom stereocenters. The number of H-pyrrole nitrogens is 1. The van der Waals surface area contributed by atoms with E-state index in [9.17, 15) is 18.3 Å². The maximum atomic E-state index is 13.8. The Morgan fingerprint density at radius 1 is 1.03 bits per heavy atom. The Morgan fingerprint density at radius 3 is 2.53 bits per heavy atom. The smallest absolute Gasteiger partial charge is 0.273 e. The normalized spacial score (nSPS) is 20.1. The van der Waals surface area contributed by atoms with Crippen molar-refractivity contribution in [3.05, 3.63) is 94.7 Å². The van der Waals surface area contributed by atoms with Gasteiger partial charge in [-0.05, 0) is 67.3 Å². The van der Waals surface area contributed by atoms with Gasteiger partial charge in [-0.3, -0.25) is 9.89 Å². The molecule has 1 fully saturated rings. The number of sulfone groups is 1. The fourth-order valence-corrected chi connectivity index (χ4v) is 7.29. The van der Waals surface area contributed by atoms with Crippen LogP contribution < -0.4 is 4.74 Å². The van der Waals surface area contributed by atoms with E-state index in [2.05, 4.69) is 10.2 Å². The summed E-state index contributed by atoms with van der Waals surface area (Å²) >= 11 is 0. The number of amides is 1. The van der Waals surface area contributed by atoms with E-state index in [0.717, 1.165) is 11.1 Å². The summed E-state index contributed by atoms with van der Waals surface area (Å²) in [6.07, 6.45) is 0.368. The second-order valence-electron chi connectivity index (χ2n) is 10.00. The van der Waals surface area contributed by atoms with Gasteiger partial charge in [0, 0.05) is 17.2 Å². The molecule has 9 heteroatoms. The molecule has 0 aliphatic carbocycles. The molecular weight excluding hydrogens is 502 g/mol. The monoisotopic (exact) mass is 529 g/mol. The van der Waals surface area contributed by atoms with Gasteiger partial charge >= 0.3 is 0 Å². The largest absolute Gasteiger partial charge is 0.507 e. The van der Waals surface area contributed by atoms with Crippen molar-refractivity contribution in [2.75, 3.05) is 11.5 Å². The van der Waals surface area contributed by atoms with E-state index in [1.165, 1.54) is 0 Å². The molecule has 2 aliphatic rings. The number of aromatic hydroxyl groups is 1. The molecule has 38 heavy (non-hydrogen) atoms. The summed E-state index contributed by atoms with van der Waals surface area (Å²) in [6, 6.07) is 19.5. The van der Waals surface area contributed by atoms with Gasteiger partial charge in [-0.25, -0.2) is 8.42 Å². The van der Waals surface area contributed by atoms with Gasteiger partial charge in [0.2, 0.25) is 0 Å². The number of carbonyl (C=O) groups excluding carboxylic acids is 1. The van der Waals surface area contributed by atoms with Gasteiger partial charge in [-0.15, -0.1) is 0 Å². The van der Waals surface area contributed by atoms with Crippen molar-refractivity contribution in [1.82, 2.24) is 15.1 Å². The van der Waals surface area contributed by atoms with E-state index in [1.807, 2.05) is 80.6 Å². The van der Waals surface area contributed by atoms with Crippen LogP contribution >= 0.6 is 0 Å². The number of phenolic OH excluding ortho intramolecular Hbond substituents is 1. The SMILES string of the molecule is Cc1cc(C)c(O)c(-c2n[nH]c3c2C(c2cccc(Oc4ccccc4)c2)N(C2CCS(=O)(=O)C2)C3=O)c1. The van der Waals surface area contributed by atoms with Crippen LogP contribution in [0.1, 0.15) is 45.2 Å². The molecule has 2 unspecified atom stereocenters. The fourth-order valence-electron chi connectivity index (χ4n) is 5.58. The first-order valence-corrected chi connectivity index (χ1v) is 14.3. The van der Waals surface area contributed by atoms with Crippen molar-refractivity contribution >= 4 is 15.7 Å². The van der Waals surface area contributed by atoms with Crippen LogP contribution in [0.5, 0.6) is 17.2 Å². The summed E-state index contributed by atoms with van der Waals surface area (Å²) in [5.41, 5.74) is 4.34. The molecule has 8 nitrogen and oxygen atoms in total. The Bertz CT molecular complexity index is 1660. The first-order chi connectivity index (χ1) is 18.2. The van der Waals surface area contributed by atoms with Gasteiger partial charge in [-0.2, -0.15) is 5.10 Å². The average Bonchev–Trinajstić information content (AvgIpc) is 3.55. The van der Waals surface area contributed by atoms with Crippen molar-refractivity contribution < 1.29 is 23.1 Å². The molecule has 0 bridgehead atoms. The number of carbonyl (C=O) groups is 1. The third-order valence-electron chi connectivity index (χ3n) is 7.26. The van der Waals surface area contributed by atoms with Crippen molar-refractivity contribution in [3.63, 3.8) is 0 Å². The quantitative estimate of drug-likeness (QED) is 0.379. The number of aromatic amines is 1. The van der Waals surface area contributed by atoms with Crippen molar-refractivity contribution in [3.8, 4) is 28.5 Å². The molecule has 2 N–H and O–H groups in total. The van der Waals surface area contributed by atoms with Crippen LogP contribution in [-0.2, 0) is 9.84 Å². The van der Waals surface area contributed by atoms with E-state index in [1.54, 1.807) is 4.90 Å². The number of hydrogen-bond acceptors (Lipinski definition) is 6. The average molecular weight is 530 g/mol. The highest BCUT2D eigenvalue weighted by Gasteiger charge is 2.48. The second-order valence-corrected chi connectivity index (χ2v) is 12.2. The van der Waals surface area contributed by atoms with Gasteiger partial charge < -0.3 is 14.7 Å². The minimum absolute atomic E-state index is 0.0439. The highest BCUT2D eigenvalue weighted by atomic mass is 32.2. The topological polar surface area (TPSA) is 113 Å². The molecule has 4 aromatic rings. The van der Waals surface area contributed by atoms with E-state index in [-0.39, 0.29) is 23.2 Å². The number of nitrogens with one attached hydrogen (secondary N) is 1. The molecule has 2 aliphatic heterocycles. The Kier molecular flexibility index (Phi) is 5.75. The summed E-state index contributed by atoms with van der Waals surface area (Å²) in [5, 5.41) is 18.3. The van der Waals surface area contributed by atoms with Crippen LogP contribution in [0.4, 0.5) is 0 Å². The first-order valence-electron chi connectivity index (χ1n) is 12.5. The number of aryl methyl sites for hydroxylation is 2. The molecule has 0 spiro atoms. The molecule has 194 valence electrons. The maximum Gasteiger partial charge on any atom is 0.273 e. The molecule has 1 aromatic heterocycles. The minimum Gasteiger partial charge on any atom is -0.507 e. The molecule has 3 heterocycles. The van der Waals surface area contributed by atoms with Crippen molar-refractivity contribution in [2.45, 2.75) is 32.4 Å². The molecular formula is C29H27N3O5S. The number of hydrogen-bond donors (Lipinski definition) is 2. The lowest BCUT2D eigenvalue weighted by Gasteiger charge is -2.31. The van der Waals surface area contributed by atoms with Crippen LogP contribution in [0.15, 0.2) is 66.7 Å². The lowest BCUT2D eigenvalue weighted by molar-refractivity contribution is 0.0677. The van der Waals surface area contributed by atoms with Gasteiger partial charge in [0.25, 0.3) is 5.91 Å². The lowest BCUT2D eigenvalue weighted by Crippen LogP contribution is -2.40. The standard InChI is InChI=1S/C29H27N3O5S/c1-17-13-18(2)28(33)23(14-17)25-24-26(31-30-25)29(34)32(20-11-12-38(35,36)16-20)27(24)19-7-6-10-22(15-19)37-21-8-4-3-5-9-21/h3-10,13-15,20,27,33H,11-12,16H2,1-2H3,(H,30,31). The summed E-state index contributed by atoms with van der Waals surface area (Å²) < 4.78 is 30.9. The van der Waals surface area contributed by atoms with E-state index in [0.29, 0.717) is 46.0 Å². The van der Waals surface area contributed by atoms with Crippen LogP contribution in [0.2, 0.25) is 0 Å². The van der Waals surface area contributed by atoms with Crippen LogP contribution in [0.3, 0.4) is 0 Å². The van der Waals surface area contributed by atoms with Gasteiger partial charge in [0.1, 0.15) is 28.6 Å². The van der Waals surface area contributed by atoms with E-state index >= 15 is 0 Å². The summed E-state index contributed by atoms with van der Waals surface area (Å²) in [4.78, 5) is 15.4. The second kappa shape index (κ2) is 9.02. The molecule has 3 aromatic carbocycles. The maximum absolute atomic E-state index is 13.8. The van der Waals surface area contributed by atoms with Crippen molar-refractivity contribution in [1.29, 1.82) is 0 Å². The molecule has 0 radical (unpaired) electrons. The van der Waals surface area contributed by atoms with E-state index in [4.69, 9.17) is 4.74 Å². The Hall–Kier alpha value is -4.11. The highest BCUT2D eigenvalue weighted by Crippen LogP contribution is 2.47. The molecule has 0 saturated carbocycles. The predicted molar refractivity (Wildman–Crippen MR) is 143 cm³/mol. The Labute approximate surface area is 220 Å². The first kappa shape index (κ1) is 24.2. The fraction of sp³-hybridized carbons (Fsp3) is 0.241. The Balaban J connectivity index is 1.50. The predicted octanol–water partition coefficient (Wildman–Crippen LogP) is 4.92. The van der Waals surface area contributed by atoms with Crippen LogP contribution in [0.25, 0.3) is 11.3 Å². The zero-order chi connectivity index (χ0) is 26.6. The molecule has 1 saturated heterocycles. The number of phenols is 1. The number of nitrogens with zero attached hydrogens (tertiary/aromatic N) is 2. The van der Waals surface area contributed by atoms with Gasteiger partial charge in [0.15, 0.2) is 9.84 Å². The number of ether oxygens (including phenoxy) is 1. The van der Waals surface area contributed by atoms with E-state index < -0.39 is 21.9 Å². The summed E-state index contributed by atoms with van der Waals surface area (Å²) in [6.45, 7) is 3.76. The van der Waals surface area contributed by atoms with Crippen molar-refractivity contribution in [2.24, 2.45) is 0 Å². The minimum atomic E-state index is -3.25. The number of aromatic nitrogens is 2. The molecule has 6 rings (SSSR count).